The van der Waals surface area contributed by atoms with E-state index in [1.807, 2.05) is 13.8 Å². The molecule has 0 bridgehead atoms. The molecule has 32 heavy (non-hydrogen) atoms. The summed E-state index contributed by atoms with van der Waals surface area (Å²) in [5.41, 5.74) is 1.12. The predicted octanol–water partition coefficient (Wildman–Crippen LogP) is 4.86. The second-order valence-electron chi connectivity index (χ2n) is 8.08. The molecule has 8 heteroatoms. The Bertz CT molecular complexity index is 1130. The Kier molecular flexibility index (Phi) is 6.39. The van der Waals surface area contributed by atoms with E-state index in [2.05, 4.69) is 20.1 Å². The fourth-order valence-corrected chi connectivity index (χ4v) is 3.81. The summed E-state index contributed by atoms with van der Waals surface area (Å²) in [7, 11) is 1.51. The van der Waals surface area contributed by atoms with Crippen LogP contribution in [0.15, 0.2) is 36.4 Å². The molecule has 0 spiro atoms. The first-order valence-corrected chi connectivity index (χ1v) is 10.8. The van der Waals surface area contributed by atoms with E-state index < -0.39 is 11.7 Å². The highest BCUT2D eigenvalue weighted by Gasteiger charge is 2.19. The number of halogens is 1. The molecule has 168 valence electrons. The van der Waals surface area contributed by atoms with Crippen LogP contribution in [0.1, 0.15) is 49.3 Å². The van der Waals surface area contributed by atoms with Crippen LogP contribution in [0, 0.1) is 5.82 Å². The van der Waals surface area contributed by atoms with Gasteiger partial charge in [-0.25, -0.2) is 4.39 Å². The van der Waals surface area contributed by atoms with Crippen LogP contribution in [0.3, 0.4) is 0 Å². The summed E-state index contributed by atoms with van der Waals surface area (Å²) in [4.78, 5) is 12.8. The maximum Gasteiger partial charge on any atom is 0.255 e. The summed E-state index contributed by atoms with van der Waals surface area (Å²) in [6.45, 7) is 4.65. The molecule has 4 rings (SSSR count). The normalized spacial score (nSPS) is 13.4. The van der Waals surface area contributed by atoms with Gasteiger partial charge in [-0.05, 0) is 63.1 Å². The van der Waals surface area contributed by atoms with Gasteiger partial charge in [-0.15, -0.1) is 10.2 Å². The van der Waals surface area contributed by atoms with Crippen molar-refractivity contribution in [1.29, 1.82) is 0 Å². The number of aryl methyl sites for hydroxylation is 1. The highest BCUT2D eigenvalue weighted by molar-refractivity contribution is 6.05. The molecule has 0 fully saturated rings. The van der Waals surface area contributed by atoms with Gasteiger partial charge in [0, 0.05) is 24.1 Å². The lowest BCUT2D eigenvalue weighted by atomic mass is 10.1. The Morgan fingerprint density at radius 3 is 2.72 bits per heavy atom. The number of carbonyl (C=O) groups excluding carboxylic acids is 1. The predicted molar refractivity (Wildman–Crippen MR) is 120 cm³/mol. The number of methoxy groups -OCH3 is 1. The second-order valence-corrected chi connectivity index (χ2v) is 8.08. The van der Waals surface area contributed by atoms with Crippen molar-refractivity contribution in [3.8, 4) is 22.9 Å². The minimum atomic E-state index is -0.524. The SMILES string of the molecule is COc1cc(C(=O)Nc2cc(-c3nnc4n3CCCCC4)ccc2F)ccc1OC(C)C. The summed E-state index contributed by atoms with van der Waals surface area (Å²) >= 11 is 0. The zero-order chi connectivity index (χ0) is 22.7. The zero-order valence-electron chi connectivity index (χ0n) is 18.5. The number of fused-ring (bicyclic) bond motifs is 1. The smallest absolute Gasteiger partial charge is 0.255 e. The summed E-state index contributed by atoms with van der Waals surface area (Å²) in [5, 5.41) is 11.3. The van der Waals surface area contributed by atoms with E-state index in [4.69, 9.17) is 9.47 Å². The monoisotopic (exact) mass is 438 g/mol. The van der Waals surface area contributed by atoms with Crippen LogP contribution in [-0.4, -0.2) is 33.9 Å². The average molecular weight is 439 g/mol. The topological polar surface area (TPSA) is 78.3 Å². The number of hydrogen-bond acceptors (Lipinski definition) is 5. The Balaban J connectivity index is 1.59. The quantitative estimate of drug-likeness (QED) is 0.595. The Morgan fingerprint density at radius 1 is 1.09 bits per heavy atom. The van der Waals surface area contributed by atoms with Gasteiger partial charge in [-0.3, -0.25) is 4.79 Å². The summed E-state index contributed by atoms with van der Waals surface area (Å²) in [5.74, 6) is 1.64. The molecular formula is C24H27FN4O3. The van der Waals surface area contributed by atoms with Gasteiger partial charge in [0.15, 0.2) is 17.3 Å². The number of benzene rings is 2. The lowest BCUT2D eigenvalue weighted by Crippen LogP contribution is -2.14. The molecule has 2 heterocycles. The average Bonchev–Trinajstić information content (AvgIpc) is 3.03. The first-order chi connectivity index (χ1) is 15.5. The third-order valence-corrected chi connectivity index (χ3v) is 5.37. The van der Waals surface area contributed by atoms with Crippen molar-refractivity contribution in [1.82, 2.24) is 14.8 Å². The molecular weight excluding hydrogens is 411 g/mol. The Hall–Kier alpha value is -3.42. The first kappa shape index (κ1) is 21.8. The number of amides is 1. The standard InChI is InChI=1S/C24H27FN4O3/c1-15(2)32-20-11-9-17(14-21(20)31-3)24(30)26-19-13-16(8-10-18(19)25)23-28-27-22-7-5-4-6-12-29(22)23/h8-11,13-15H,4-7,12H2,1-3H3,(H,26,30). The van der Waals surface area contributed by atoms with Gasteiger partial charge in [0.25, 0.3) is 5.91 Å². The molecule has 1 amide bonds. The molecule has 0 radical (unpaired) electrons. The Labute approximate surface area is 186 Å². The number of aromatic nitrogens is 3. The van der Waals surface area contributed by atoms with Crippen LogP contribution in [0.25, 0.3) is 11.4 Å². The molecule has 0 aliphatic carbocycles. The number of nitrogens with zero attached hydrogens (tertiary/aromatic N) is 3. The fraction of sp³-hybridized carbons (Fsp3) is 0.375. The van der Waals surface area contributed by atoms with Crippen LogP contribution in [0.4, 0.5) is 10.1 Å². The van der Waals surface area contributed by atoms with Crippen molar-refractivity contribution in [2.45, 2.75) is 52.2 Å². The van der Waals surface area contributed by atoms with Crippen molar-refractivity contribution >= 4 is 11.6 Å². The van der Waals surface area contributed by atoms with Crippen molar-refractivity contribution in [3.63, 3.8) is 0 Å². The Morgan fingerprint density at radius 2 is 1.94 bits per heavy atom. The van der Waals surface area contributed by atoms with E-state index in [-0.39, 0.29) is 11.8 Å². The third-order valence-electron chi connectivity index (χ3n) is 5.37. The molecule has 0 saturated carbocycles. The van der Waals surface area contributed by atoms with Gasteiger partial charge in [0.1, 0.15) is 11.6 Å². The highest BCUT2D eigenvalue weighted by atomic mass is 19.1. The fourth-order valence-electron chi connectivity index (χ4n) is 3.81. The van der Waals surface area contributed by atoms with Gasteiger partial charge in [0.2, 0.25) is 0 Å². The van der Waals surface area contributed by atoms with E-state index in [0.29, 0.717) is 28.5 Å². The van der Waals surface area contributed by atoms with Gasteiger partial charge in [0.05, 0.1) is 18.9 Å². The molecule has 0 atom stereocenters. The van der Waals surface area contributed by atoms with E-state index in [0.717, 1.165) is 38.1 Å². The largest absolute Gasteiger partial charge is 0.493 e. The third kappa shape index (κ3) is 4.59. The number of hydrogen-bond donors (Lipinski definition) is 1. The lowest BCUT2D eigenvalue weighted by Gasteiger charge is -2.15. The molecule has 1 aliphatic heterocycles. The van der Waals surface area contributed by atoms with Crippen molar-refractivity contribution in [2.75, 3.05) is 12.4 Å². The van der Waals surface area contributed by atoms with Gasteiger partial charge in [-0.2, -0.15) is 0 Å². The first-order valence-electron chi connectivity index (χ1n) is 10.8. The van der Waals surface area contributed by atoms with Crippen LogP contribution >= 0.6 is 0 Å². The van der Waals surface area contributed by atoms with Gasteiger partial charge < -0.3 is 19.4 Å². The number of nitrogens with one attached hydrogen (secondary N) is 1. The number of rotatable bonds is 6. The molecule has 2 aromatic carbocycles. The molecule has 1 aromatic heterocycles. The number of ether oxygens (including phenoxy) is 2. The zero-order valence-corrected chi connectivity index (χ0v) is 18.5. The minimum absolute atomic E-state index is 0.0346. The van der Waals surface area contributed by atoms with E-state index in [9.17, 15) is 9.18 Å². The molecule has 7 nitrogen and oxygen atoms in total. The van der Waals surface area contributed by atoms with Crippen LogP contribution < -0.4 is 14.8 Å². The number of carbonyl (C=O) groups is 1. The van der Waals surface area contributed by atoms with Crippen LogP contribution in [0.5, 0.6) is 11.5 Å². The number of anilines is 1. The molecule has 0 unspecified atom stereocenters. The summed E-state index contributed by atoms with van der Waals surface area (Å²) < 4.78 is 27.7. The van der Waals surface area contributed by atoms with Crippen molar-refractivity contribution < 1.29 is 18.7 Å². The highest BCUT2D eigenvalue weighted by Crippen LogP contribution is 2.30. The van der Waals surface area contributed by atoms with E-state index >= 15 is 0 Å². The van der Waals surface area contributed by atoms with Gasteiger partial charge >= 0.3 is 0 Å². The van der Waals surface area contributed by atoms with E-state index in [1.54, 1.807) is 30.3 Å². The lowest BCUT2D eigenvalue weighted by molar-refractivity contribution is 0.102. The molecule has 1 N–H and O–H groups in total. The van der Waals surface area contributed by atoms with Crippen molar-refractivity contribution in [3.05, 3.63) is 53.6 Å². The molecule has 0 saturated heterocycles. The second kappa shape index (κ2) is 9.38. The molecule has 3 aromatic rings. The van der Waals surface area contributed by atoms with Gasteiger partial charge in [-0.1, -0.05) is 6.42 Å². The van der Waals surface area contributed by atoms with Crippen LogP contribution in [-0.2, 0) is 13.0 Å². The van der Waals surface area contributed by atoms with Crippen molar-refractivity contribution in [2.24, 2.45) is 0 Å². The minimum Gasteiger partial charge on any atom is -0.493 e. The molecule has 1 aliphatic rings. The van der Waals surface area contributed by atoms with Crippen LogP contribution in [0.2, 0.25) is 0 Å². The maximum atomic E-state index is 14.5. The summed E-state index contributed by atoms with van der Waals surface area (Å²) in [6.07, 6.45) is 4.15. The maximum absolute atomic E-state index is 14.5. The summed E-state index contributed by atoms with van der Waals surface area (Å²) in [6, 6.07) is 9.47. The van der Waals surface area contributed by atoms with E-state index in [1.165, 1.54) is 13.2 Å².